The highest BCUT2D eigenvalue weighted by atomic mass is 16.5. The molecule has 0 spiro atoms. The maximum Gasteiger partial charge on any atom is 0.273 e. The number of hydrogen-bond acceptors (Lipinski definition) is 3. The Morgan fingerprint density at radius 2 is 1.82 bits per heavy atom. The highest BCUT2D eigenvalue weighted by Crippen LogP contribution is 2.25. The molecule has 28 heavy (non-hydrogen) atoms. The fraction of sp³-hybridized carbons (Fsp3) is 0.333. The number of piperidine rings is 1. The van der Waals surface area contributed by atoms with E-state index in [4.69, 9.17) is 4.74 Å². The lowest BCUT2D eigenvalue weighted by Gasteiger charge is -2.32. The van der Waals surface area contributed by atoms with Gasteiger partial charge in [0.15, 0.2) is 0 Å². The third-order valence-corrected chi connectivity index (χ3v) is 5.78. The quantitative estimate of drug-likeness (QED) is 0.648. The maximum atomic E-state index is 13.0. The molecule has 2 aromatic carbocycles. The summed E-state index contributed by atoms with van der Waals surface area (Å²) < 4.78 is 5.22. The predicted octanol–water partition coefficient (Wildman–Crippen LogP) is 4.73. The summed E-state index contributed by atoms with van der Waals surface area (Å²) >= 11 is 0. The second-order valence-corrected chi connectivity index (χ2v) is 7.50. The summed E-state index contributed by atoms with van der Waals surface area (Å²) in [6, 6.07) is 18.2. The number of ether oxygens (including phenoxy) is 1. The smallest absolute Gasteiger partial charge is 0.273 e. The summed E-state index contributed by atoms with van der Waals surface area (Å²) in [4.78, 5) is 19.4. The standard InChI is InChI=1S/C24H26N2O2/c1-28-21-10-8-18(9-11-21)6-7-19-13-16-26(17-14-19)24(27)23-22-5-3-2-4-20(22)12-15-25-23/h2-5,8-12,15,19H,6-7,13-14,16-17H2,1H3. The molecule has 0 atom stereocenters. The van der Waals surface area contributed by atoms with Crippen molar-refractivity contribution < 1.29 is 9.53 Å². The molecule has 0 N–H and O–H groups in total. The number of amides is 1. The summed E-state index contributed by atoms with van der Waals surface area (Å²) in [6.45, 7) is 1.63. The van der Waals surface area contributed by atoms with E-state index in [1.54, 1.807) is 13.3 Å². The molecule has 1 aliphatic heterocycles. The molecule has 1 fully saturated rings. The van der Waals surface area contributed by atoms with Gasteiger partial charge in [-0.1, -0.05) is 36.4 Å². The SMILES string of the molecule is COc1ccc(CCC2CCN(C(=O)c3nccc4ccccc34)CC2)cc1. The van der Waals surface area contributed by atoms with E-state index in [1.807, 2.05) is 47.4 Å². The van der Waals surface area contributed by atoms with Crippen molar-refractivity contribution in [1.29, 1.82) is 0 Å². The molecule has 0 unspecified atom stereocenters. The fourth-order valence-corrected chi connectivity index (χ4v) is 4.03. The van der Waals surface area contributed by atoms with Gasteiger partial charge in [-0.25, -0.2) is 0 Å². The van der Waals surface area contributed by atoms with Crippen LogP contribution in [0.5, 0.6) is 5.75 Å². The molecule has 4 heteroatoms. The lowest BCUT2D eigenvalue weighted by Crippen LogP contribution is -2.39. The van der Waals surface area contributed by atoms with Crippen molar-refractivity contribution in [2.45, 2.75) is 25.7 Å². The van der Waals surface area contributed by atoms with E-state index >= 15 is 0 Å². The summed E-state index contributed by atoms with van der Waals surface area (Å²) in [5.41, 5.74) is 1.93. The molecule has 4 rings (SSSR count). The number of methoxy groups -OCH3 is 1. The molecule has 0 saturated carbocycles. The molecule has 0 radical (unpaired) electrons. The number of fused-ring (bicyclic) bond motifs is 1. The van der Waals surface area contributed by atoms with Crippen LogP contribution in [-0.4, -0.2) is 36.0 Å². The Labute approximate surface area is 166 Å². The Bertz CT molecular complexity index is 939. The topological polar surface area (TPSA) is 42.4 Å². The van der Waals surface area contributed by atoms with Gasteiger partial charge in [-0.2, -0.15) is 0 Å². The minimum Gasteiger partial charge on any atom is -0.497 e. The van der Waals surface area contributed by atoms with Crippen LogP contribution in [0, 0.1) is 5.92 Å². The highest BCUT2D eigenvalue weighted by Gasteiger charge is 2.25. The Kier molecular flexibility index (Phi) is 5.56. The third kappa shape index (κ3) is 4.01. The van der Waals surface area contributed by atoms with Crippen LogP contribution in [-0.2, 0) is 6.42 Å². The van der Waals surface area contributed by atoms with Gasteiger partial charge in [-0.05, 0) is 60.7 Å². The first-order chi connectivity index (χ1) is 13.7. The van der Waals surface area contributed by atoms with Crippen molar-refractivity contribution in [3.8, 4) is 5.75 Å². The van der Waals surface area contributed by atoms with Crippen LogP contribution in [0.15, 0.2) is 60.8 Å². The van der Waals surface area contributed by atoms with Gasteiger partial charge in [0.05, 0.1) is 7.11 Å². The van der Waals surface area contributed by atoms with E-state index in [0.29, 0.717) is 11.6 Å². The molecule has 1 saturated heterocycles. The van der Waals surface area contributed by atoms with Crippen molar-refractivity contribution in [2.75, 3.05) is 20.2 Å². The van der Waals surface area contributed by atoms with Crippen molar-refractivity contribution in [2.24, 2.45) is 5.92 Å². The van der Waals surface area contributed by atoms with Crippen LogP contribution < -0.4 is 4.74 Å². The molecule has 1 aliphatic rings. The summed E-state index contributed by atoms with van der Waals surface area (Å²) in [7, 11) is 1.69. The van der Waals surface area contributed by atoms with Gasteiger partial charge < -0.3 is 9.64 Å². The zero-order valence-corrected chi connectivity index (χ0v) is 16.3. The fourth-order valence-electron chi connectivity index (χ4n) is 4.03. The Morgan fingerprint density at radius 1 is 1.07 bits per heavy atom. The molecule has 0 bridgehead atoms. The number of aryl methyl sites for hydroxylation is 1. The molecule has 1 amide bonds. The van der Waals surface area contributed by atoms with Gasteiger partial charge in [-0.15, -0.1) is 0 Å². The average Bonchev–Trinajstić information content (AvgIpc) is 2.77. The first kappa shape index (κ1) is 18.5. The molecular formula is C24H26N2O2. The van der Waals surface area contributed by atoms with Gasteiger partial charge in [0.25, 0.3) is 5.91 Å². The lowest BCUT2D eigenvalue weighted by atomic mass is 9.90. The van der Waals surface area contributed by atoms with Crippen molar-refractivity contribution in [3.63, 3.8) is 0 Å². The Morgan fingerprint density at radius 3 is 2.57 bits per heavy atom. The first-order valence-electron chi connectivity index (χ1n) is 10.0. The highest BCUT2D eigenvalue weighted by molar-refractivity contribution is 6.05. The first-order valence-corrected chi connectivity index (χ1v) is 10.0. The van der Waals surface area contributed by atoms with Gasteiger partial charge >= 0.3 is 0 Å². The van der Waals surface area contributed by atoms with Crippen LogP contribution >= 0.6 is 0 Å². The number of carbonyl (C=O) groups excluding carboxylic acids is 1. The van der Waals surface area contributed by atoms with Gasteiger partial charge in [0.2, 0.25) is 0 Å². The molecular weight excluding hydrogens is 348 g/mol. The second-order valence-electron chi connectivity index (χ2n) is 7.50. The van der Waals surface area contributed by atoms with Crippen molar-refractivity contribution in [3.05, 3.63) is 72.1 Å². The zero-order valence-electron chi connectivity index (χ0n) is 16.3. The summed E-state index contributed by atoms with van der Waals surface area (Å²) in [5.74, 6) is 1.63. The van der Waals surface area contributed by atoms with E-state index in [-0.39, 0.29) is 5.91 Å². The van der Waals surface area contributed by atoms with Gasteiger partial charge in [0.1, 0.15) is 11.4 Å². The van der Waals surface area contributed by atoms with Gasteiger partial charge in [-0.3, -0.25) is 9.78 Å². The molecule has 144 valence electrons. The minimum absolute atomic E-state index is 0.0606. The second kappa shape index (κ2) is 8.42. The van der Waals surface area contributed by atoms with Crippen LogP contribution in [0.25, 0.3) is 10.8 Å². The van der Waals surface area contributed by atoms with Crippen LogP contribution in [0.2, 0.25) is 0 Å². The molecule has 2 heterocycles. The number of hydrogen-bond donors (Lipinski definition) is 0. The van der Waals surface area contributed by atoms with E-state index < -0.39 is 0 Å². The number of carbonyl (C=O) groups is 1. The van der Waals surface area contributed by atoms with E-state index in [2.05, 4.69) is 17.1 Å². The normalized spacial score (nSPS) is 15.0. The monoisotopic (exact) mass is 374 g/mol. The van der Waals surface area contributed by atoms with E-state index in [9.17, 15) is 4.79 Å². The number of likely N-dealkylation sites (tertiary alicyclic amines) is 1. The third-order valence-electron chi connectivity index (χ3n) is 5.78. The predicted molar refractivity (Wildman–Crippen MR) is 112 cm³/mol. The van der Waals surface area contributed by atoms with E-state index in [1.165, 1.54) is 12.0 Å². The Hall–Kier alpha value is -2.88. The van der Waals surface area contributed by atoms with E-state index in [0.717, 1.165) is 48.9 Å². The maximum absolute atomic E-state index is 13.0. The number of pyridine rings is 1. The number of rotatable bonds is 5. The van der Waals surface area contributed by atoms with Crippen molar-refractivity contribution >= 4 is 16.7 Å². The van der Waals surface area contributed by atoms with Crippen molar-refractivity contribution in [1.82, 2.24) is 9.88 Å². The molecule has 1 aromatic heterocycles. The number of nitrogens with zero attached hydrogens (tertiary/aromatic N) is 2. The van der Waals surface area contributed by atoms with Crippen LogP contribution in [0.1, 0.15) is 35.3 Å². The molecule has 3 aromatic rings. The largest absolute Gasteiger partial charge is 0.497 e. The summed E-state index contributed by atoms with van der Waals surface area (Å²) in [6.07, 6.45) is 6.10. The van der Waals surface area contributed by atoms with Crippen LogP contribution in [0.4, 0.5) is 0 Å². The Balaban J connectivity index is 1.33. The average molecular weight is 374 g/mol. The van der Waals surface area contributed by atoms with Crippen LogP contribution in [0.3, 0.4) is 0 Å². The molecule has 0 aliphatic carbocycles. The van der Waals surface area contributed by atoms with Gasteiger partial charge in [0, 0.05) is 24.7 Å². The molecule has 4 nitrogen and oxygen atoms in total. The lowest BCUT2D eigenvalue weighted by molar-refractivity contribution is 0.0683. The minimum atomic E-state index is 0.0606. The zero-order chi connectivity index (χ0) is 19.3. The number of benzene rings is 2. The number of aromatic nitrogens is 1. The summed E-state index contributed by atoms with van der Waals surface area (Å²) in [5, 5.41) is 2.01.